The van der Waals surface area contributed by atoms with Gasteiger partial charge in [0.2, 0.25) is 5.91 Å². The zero-order valence-electron chi connectivity index (χ0n) is 18.3. The van der Waals surface area contributed by atoms with Crippen molar-refractivity contribution in [3.8, 4) is 0 Å². The molecule has 0 unspecified atom stereocenters. The first-order valence-electron chi connectivity index (χ1n) is 11.5. The lowest BCUT2D eigenvalue weighted by Gasteiger charge is -2.41. The molecule has 2 saturated carbocycles. The predicted octanol–water partition coefficient (Wildman–Crippen LogP) is 5.56. The Morgan fingerprint density at radius 1 is 1.03 bits per heavy atom. The van der Waals surface area contributed by atoms with E-state index < -0.39 is 11.7 Å². The fourth-order valence-electron chi connectivity index (χ4n) is 5.45. The van der Waals surface area contributed by atoms with Gasteiger partial charge in [0.15, 0.2) is 5.65 Å². The lowest BCUT2D eigenvalue weighted by Crippen LogP contribution is -2.50. The SMILES string of the molecule is Cc1cc(C(F)(F)F)c2c(C)nn(CC(=O)N(C3CCCCC3)C3CCCCC3)c2n1. The van der Waals surface area contributed by atoms with Crippen LogP contribution in [0.5, 0.6) is 0 Å². The Morgan fingerprint density at radius 3 is 2.10 bits per heavy atom. The van der Waals surface area contributed by atoms with Gasteiger partial charge in [0.1, 0.15) is 6.54 Å². The van der Waals surface area contributed by atoms with Crippen LogP contribution in [0.25, 0.3) is 11.0 Å². The lowest BCUT2D eigenvalue weighted by molar-refractivity contribution is -0.139. The normalized spacial score (nSPS) is 19.1. The Labute approximate surface area is 181 Å². The highest BCUT2D eigenvalue weighted by atomic mass is 19.4. The molecule has 2 aliphatic rings. The standard InChI is InChI=1S/C23H31F3N4O/c1-15-13-19(23(24,25)26)21-16(2)28-29(22(21)27-15)14-20(31)30(17-9-5-3-6-10-17)18-11-7-4-8-12-18/h13,17-18H,3-12,14H2,1-2H3. The van der Waals surface area contributed by atoms with Gasteiger partial charge in [-0.2, -0.15) is 18.3 Å². The molecule has 0 saturated heterocycles. The fraction of sp³-hybridized carbons (Fsp3) is 0.696. The number of nitrogens with zero attached hydrogens (tertiary/aromatic N) is 4. The minimum Gasteiger partial charge on any atom is -0.335 e. The first-order chi connectivity index (χ1) is 14.8. The summed E-state index contributed by atoms with van der Waals surface area (Å²) in [5.74, 6) is -0.0416. The minimum absolute atomic E-state index is 0.00668. The number of aryl methyl sites for hydroxylation is 2. The molecule has 0 aromatic carbocycles. The van der Waals surface area contributed by atoms with E-state index >= 15 is 0 Å². The maximum atomic E-state index is 13.6. The molecule has 0 aliphatic heterocycles. The average molecular weight is 437 g/mol. The van der Waals surface area contributed by atoms with Gasteiger partial charge in [-0.05, 0) is 45.6 Å². The molecule has 0 N–H and O–H groups in total. The van der Waals surface area contributed by atoms with Crippen LogP contribution in [0.4, 0.5) is 13.2 Å². The third-order valence-corrected chi connectivity index (χ3v) is 6.82. The zero-order chi connectivity index (χ0) is 22.2. The summed E-state index contributed by atoms with van der Waals surface area (Å²) in [5, 5.41) is 4.32. The molecule has 4 rings (SSSR count). The molecule has 31 heavy (non-hydrogen) atoms. The molecule has 0 radical (unpaired) electrons. The van der Waals surface area contributed by atoms with Crippen molar-refractivity contribution in [2.45, 2.75) is 103 Å². The second-order valence-electron chi connectivity index (χ2n) is 9.14. The van der Waals surface area contributed by atoms with Crippen LogP contribution in [0.3, 0.4) is 0 Å². The van der Waals surface area contributed by atoms with Gasteiger partial charge in [0.05, 0.1) is 16.6 Å². The third-order valence-electron chi connectivity index (χ3n) is 6.82. The van der Waals surface area contributed by atoms with Gasteiger partial charge in [-0.15, -0.1) is 0 Å². The van der Waals surface area contributed by atoms with Crippen molar-refractivity contribution in [1.29, 1.82) is 0 Å². The molecule has 2 aliphatic carbocycles. The summed E-state index contributed by atoms with van der Waals surface area (Å²) >= 11 is 0. The molecule has 170 valence electrons. The average Bonchev–Trinajstić information content (AvgIpc) is 3.03. The van der Waals surface area contributed by atoms with Crippen molar-refractivity contribution in [2.24, 2.45) is 0 Å². The first-order valence-corrected chi connectivity index (χ1v) is 11.5. The largest absolute Gasteiger partial charge is 0.417 e. The van der Waals surface area contributed by atoms with Crippen LogP contribution in [0.2, 0.25) is 0 Å². The number of amides is 1. The maximum absolute atomic E-state index is 13.6. The lowest BCUT2D eigenvalue weighted by atomic mass is 9.88. The van der Waals surface area contributed by atoms with Gasteiger partial charge in [0, 0.05) is 17.8 Å². The van der Waals surface area contributed by atoms with Crippen LogP contribution in [0.1, 0.15) is 81.2 Å². The molecule has 1 amide bonds. The molecule has 2 fully saturated rings. The number of aromatic nitrogens is 3. The van der Waals surface area contributed by atoms with Crippen molar-refractivity contribution in [2.75, 3.05) is 0 Å². The summed E-state index contributed by atoms with van der Waals surface area (Å²) in [5.41, 5.74) is -0.0672. The van der Waals surface area contributed by atoms with Gasteiger partial charge in [0.25, 0.3) is 0 Å². The van der Waals surface area contributed by atoms with E-state index in [0.717, 1.165) is 57.4 Å². The van der Waals surface area contributed by atoms with Gasteiger partial charge >= 0.3 is 6.18 Å². The Balaban J connectivity index is 1.68. The predicted molar refractivity (Wildman–Crippen MR) is 113 cm³/mol. The summed E-state index contributed by atoms with van der Waals surface area (Å²) in [6.07, 6.45) is 6.46. The van der Waals surface area contributed by atoms with E-state index in [2.05, 4.69) is 15.0 Å². The van der Waals surface area contributed by atoms with Crippen molar-refractivity contribution in [3.05, 3.63) is 23.0 Å². The van der Waals surface area contributed by atoms with Crippen molar-refractivity contribution < 1.29 is 18.0 Å². The summed E-state index contributed by atoms with van der Waals surface area (Å²) < 4.78 is 42.3. The van der Waals surface area contributed by atoms with Crippen molar-refractivity contribution in [3.63, 3.8) is 0 Å². The van der Waals surface area contributed by atoms with E-state index in [4.69, 9.17) is 0 Å². The van der Waals surface area contributed by atoms with Crippen molar-refractivity contribution >= 4 is 16.9 Å². The molecule has 8 heteroatoms. The van der Waals surface area contributed by atoms with Crippen LogP contribution in [-0.2, 0) is 17.5 Å². The number of hydrogen-bond donors (Lipinski definition) is 0. The van der Waals surface area contributed by atoms with E-state index in [1.807, 2.05) is 0 Å². The van der Waals surface area contributed by atoms with Gasteiger partial charge in [-0.1, -0.05) is 38.5 Å². The first kappa shape index (κ1) is 22.1. The number of fused-ring (bicyclic) bond motifs is 1. The number of pyridine rings is 1. The number of alkyl halides is 3. The smallest absolute Gasteiger partial charge is 0.335 e. The highest BCUT2D eigenvalue weighted by molar-refractivity contribution is 5.85. The number of carbonyl (C=O) groups is 1. The monoisotopic (exact) mass is 436 g/mol. The van der Waals surface area contributed by atoms with E-state index in [9.17, 15) is 18.0 Å². The van der Waals surface area contributed by atoms with E-state index in [1.54, 1.807) is 13.8 Å². The topological polar surface area (TPSA) is 51.0 Å². The summed E-state index contributed by atoms with van der Waals surface area (Å²) in [7, 11) is 0. The summed E-state index contributed by atoms with van der Waals surface area (Å²) in [6, 6.07) is 1.51. The van der Waals surface area contributed by atoms with Crippen LogP contribution in [0.15, 0.2) is 6.07 Å². The van der Waals surface area contributed by atoms with E-state index in [-0.39, 0.29) is 47.0 Å². The van der Waals surface area contributed by atoms with Gasteiger partial charge in [-0.25, -0.2) is 9.67 Å². The Morgan fingerprint density at radius 2 is 1.58 bits per heavy atom. The highest BCUT2D eigenvalue weighted by Gasteiger charge is 2.36. The van der Waals surface area contributed by atoms with Gasteiger partial charge in [-0.3, -0.25) is 4.79 Å². The molecule has 0 spiro atoms. The number of rotatable bonds is 4. The molecule has 0 atom stereocenters. The molecular weight excluding hydrogens is 405 g/mol. The van der Waals surface area contributed by atoms with Crippen LogP contribution in [-0.4, -0.2) is 37.7 Å². The second-order valence-corrected chi connectivity index (χ2v) is 9.14. The fourth-order valence-corrected chi connectivity index (χ4v) is 5.45. The number of halogens is 3. The summed E-state index contributed by atoms with van der Waals surface area (Å²) in [6.45, 7) is 3.03. The number of hydrogen-bond acceptors (Lipinski definition) is 3. The Bertz CT molecular complexity index is 922. The minimum atomic E-state index is -4.50. The molecular formula is C23H31F3N4O. The molecule has 5 nitrogen and oxygen atoms in total. The maximum Gasteiger partial charge on any atom is 0.417 e. The molecule has 2 aromatic heterocycles. The van der Waals surface area contributed by atoms with E-state index in [0.29, 0.717) is 0 Å². The summed E-state index contributed by atoms with van der Waals surface area (Å²) in [4.78, 5) is 20.0. The molecule has 0 bridgehead atoms. The van der Waals surface area contributed by atoms with Crippen LogP contribution < -0.4 is 0 Å². The molecule has 2 heterocycles. The zero-order valence-corrected chi connectivity index (χ0v) is 18.3. The van der Waals surface area contributed by atoms with E-state index in [1.165, 1.54) is 17.5 Å². The van der Waals surface area contributed by atoms with Crippen molar-refractivity contribution in [1.82, 2.24) is 19.7 Å². The second kappa shape index (κ2) is 8.79. The Hall–Kier alpha value is -2.12. The van der Waals surface area contributed by atoms with Gasteiger partial charge < -0.3 is 4.90 Å². The van der Waals surface area contributed by atoms with Crippen LogP contribution >= 0.6 is 0 Å². The Kier molecular flexibility index (Phi) is 6.26. The quantitative estimate of drug-likeness (QED) is 0.630. The number of carbonyl (C=O) groups excluding carboxylic acids is 1. The highest BCUT2D eigenvalue weighted by Crippen LogP contribution is 2.36. The van der Waals surface area contributed by atoms with Crippen LogP contribution in [0, 0.1) is 13.8 Å². The third kappa shape index (κ3) is 4.58. The molecule has 2 aromatic rings.